The lowest BCUT2D eigenvalue weighted by molar-refractivity contribution is -0.291. The van der Waals surface area contributed by atoms with Gasteiger partial charge in [-0.2, -0.15) is 22.0 Å². The summed E-state index contributed by atoms with van der Waals surface area (Å²) in [5, 5.41) is 0. The average Bonchev–Trinajstić information content (AvgIpc) is 2.24. The first-order valence-corrected chi connectivity index (χ1v) is 4.90. The minimum absolute atomic E-state index is 0. The molecule has 1 atom stereocenters. The largest absolute Gasteiger partial charge is 0.573 e. The topological polar surface area (TPSA) is 35.2 Å². The molecular formula is C10H8ClF8NO. The molecule has 11 heteroatoms. The number of alkyl halides is 8. The number of hydrogen-bond donors (Lipinski definition) is 1. The van der Waals surface area contributed by atoms with Crippen LogP contribution in [0.4, 0.5) is 35.1 Å². The van der Waals surface area contributed by atoms with E-state index < -0.39 is 35.8 Å². The molecule has 1 aromatic rings. The second-order valence-corrected chi connectivity index (χ2v) is 3.72. The molecule has 0 saturated heterocycles. The van der Waals surface area contributed by atoms with Gasteiger partial charge < -0.3 is 10.5 Å². The number of ether oxygens (including phenoxy) is 1. The summed E-state index contributed by atoms with van der Waals surface area (Å²) in [5.74, 6) is -6.23. The van der Waals surface area contributed by atoms with E-state index in [-0.39, 0.29) is 12.4 Å². The van der Waals surface area contributed by atoms with E-state index in [0.29, 0.717) is 6.07 Å². The van der Waals surface area contributed by atoms with Crippen LogP contribution in [-0.4, -0.2) is 18.5 Å². The Morgan fingerprint density at radius 3 is 1.90 bits per heavy atom. The Kier molecular flexibility index (Phi) is 5.84. The van der Waals surface area contributed by atoms with Gasteiger partial charge in [-0.05, 0) is 17.7 Å². The van der Waals surface area contributed by atoms with Crippen molar-refractivity contribution in [3.05, 3.63) is 29.8 Å². The number of nitrogens with two attached hydrogens (primary N) is 1. The second kappa shape index (κ2) is 6.22. The third kappa shape index (κ3) is 4.88. The molecule has 0 aliphatic carbocycles. The molecule has 0 unspecified atom stereocenters. The lowest BCUT2D eigenvalue weighted by Crippen LogP contribution is -2.45. The summed E-state index contributed by atoms with van der Waals surface area (Å²) in [7, 11) is 0. The van der Waals surface area contributed by atoms with Gasteiger partial charge in [0.2, 0.25) is 0 Å². The fraction of sp³-hybridized carbons (Fsp3) is 0.400. The van der Waals surface area contributed by atoms with Crippen LogP contribution in [0.15, 0.2) is 24.3 Å². The Morgan fingerprint density at radius 1 is 0.952 bits per heavy atom. The van der Waals surface area contributed by atoms with Crippen molar-refractivity contribution in [1.29, 1.82) is 0 Å². The summed E-state index contributed by atoms with van der Waals surface area (Å²) in [6.07, 6.45) is -11.0. The first kappa shape index (κ1) is 19.7. The standard InChI is InChI=1S/C10H7F8NO.ClH/c11-8(12,9(13,14)15)7(19)5-2-1-3-6(4-5)20-10(16,17)18;/h1-4,7H,19H2;1H/t7-;/m1./s1. The van der Waals surface area contributed by atoms with Crippen LogP contribution in [-0.2, 0) is 0 Å². The van der Waals surface area contributed by atoms with Crippen LogP contribution in [0, 0.1) is 0 Å². The minimum atomic E-state index is -5.92. The van der Waals surface area contributed by atoms with E-state index in [9.17, 15) is 35.1 Å². The monoisotopic (exact) mass is 345 g/mol. The van der Waals surface area contributed by atoms with Crippen molar-refractivity contribution in [2.24, 2.45) is 5.73 Å². The van der Waals surface area contributed by atoms with Crippen molar-refractivity contribution >= 4 is 12.4 Å². The van der Waals surface area contributed by atoms with Crippen LogP contribution in [0.25, 0.3) is 0 Å². The molecule has 1 rings (SSSR count). The molecular weight excluding hydrogens is 338 g/mol. The zero-order valence-corrected chi connectivity index (χ0v) is 10.6. The molecule has 0 fully saturated rings. The zero-order chi connectivity index (χ0) is 15.8. The predicted molar refractivity (Wildman–Crippen MR) is 58.3 cm³/mol. The minimum Gasteiger partial charge on any atom is -0.406 e. The van der Waals surface area contributed by atoms with Crippen LogP contribution in [0.1, 0.15) is 11.6 Å². The number of halogens is 9. The lowest BCUT2D eigenvalue weighted by atomic mass is 10.0. The van der Waals surface area contributed by atoms with Crippen molar-refractivity contribution in [3.63, 3.8) is 0 Å². The zero-order valence-electron chi connectivity index (χ0n) is 9.80. The van der Waals surface area contributed by atoms with E-state index in [4.69, 9.17) is 5.73 Å². The first-order chi connectivity index (χ1) is 8.84. The van der Waals surface area contributed by atoms with Gasteiger partial charge in [0.05, 0.1) is 0 Å². The van der Waals surface area contributed by atoms with Gasteiger partial charge in [-0.25, -0.2) is 0 Å². The van der Waals surface area contributed by atoms with Crippen LogP contribution in [0.3, 0.4) is 0 Å². The van der Waals surface area contributed by atoms with Crippen molar-refractivity contribution in [2.75, 3.05) is 0 Å². The molecule has 0 amide bonds. The highest BCUT2D eigenvalue weighted by atomic mass is 35.5. The summed E-state index contributed by atoms with van der Waals surface area (Å²) in [6, 6.07) is -0.164. The first-order valence-electron chi connectivity index (χ1n) is 4.90. The second-order valence-electron chi connectivity index (χ2n) is 3.72. The summed E-state index contributed by atoms with van der Waals surface area (Å²) in [4.78, 5) is 0. The molecule has 2 N–H and O–H groups in total. The summed E-state index contributed by atoms with van der Waals surface area (Å²) in [6.45, 7) is 0. The van der Waals surface area contributed by atoms with E-state index in [1.807, 2.05) is 0 Å². The number of benzene rings is 1. The van der Waals surface area contributed by atoms with Gasteiger partial charge in [-0.3, -0.25) is 0 Å². The summed E-state index contributed by atoms with van der Waals surface area (Å²) < 4.78 is 101. The maximum atomic E-state index is 13.0. The predicted octanol–water partition coefficient (Wildman–Crippen LogP) is 4.20. The molecule has 0 saturated carbocycles. The molecule has 1 aromatic carbocycles. The van der Waals surface area contributed by atoms with Gasteiger partial charge in [0.25, 0.3) is 0 Å². The van der Waals surface area contributed by atoms with E-state index in [1.165, 1.54) is 0 Å². The van der Waals surface area contributed by atoms with Gasteiger partial charge >= 0.3 is 18.5 Å². The third-order valence-electron chi connectivity index (χ3n) is 2.22. The van der Waals surface area contributed by atoms with Crippen LogP contribution in [0.5, 0.6) is 5.75 Å². The van der Waals surface area contributed by atoms with Crippen LogP contribution in [0.2, 0.25) is 0 Å². The molecule has 0 aromatic heterocycles. The fourth-order valence-electron chi connectivity index (χ4n) is 1.29. The summed E-state index contributed by atoms with van der Waals surface area (Å²) >= 11 is 0. The molecule has 0 aliphatic rings. The quantitative estimate of drug-likeness (QED) is 0.833. The smallest absolute Gasteiger partial charge is 0.406 e. The Morgan fingerprint density at radius 2 is 1.48 bits per heavy atom. The maximum absolute atomic E-state index is 13.0. The van der Waals surface area contributed by atoms with Crippen molar-refractivity contribution in [3.8, 4) is 5.75 Å². The van der Waals surface area contributed by atoms with Crippen molar-refractivity contribution in [1.82, 2.24) is 0 Å². The highest BCUT2D eigenvalue weighted by molar-refractivity contribution is 5.85. The lowest BCUT2D eigenvalue weighted by Gasteiger charge is -2.26. The van der Waals surface area contributed by atoms with Gasteiger partial charge in [0, 0.05) is 0 Å². The average molecular weight is 346 g/mol. The Labute approximate surface area is 119 Å². The Bertz CT molecular complexity index is 473. The van der Waals surface area contributed by atoms with Crippen molar-refractivity contribution in [2.45, 2.75) is 24.5 Å². The molecule has 2 nitrogen and oxygen atoms in total. The highest BCUT2D eigenvalue weighted by Gasteiger charge is 2.61. The molecule has 0 bridgehead atoms. The maximum Gasteiger partial charge on any atom is 0.573 e. The summed E-state index contributed by atoms with van der Waals surface area (Å²) in [5.41, 5.74) is 3.95. The van der Waals surface area contributed by atoms with E-state index >= 15 is 0 Å². The fourth-order valence-corrected chi connectivity index (χ4v) is 1.29. The van der Waals surface area contributed by atoms with Gasteiger partial charge in [0.1, 0.15) is 11.8 Å². The van der Waals surface area contributed by atoms with Gasteiger partial charge in [-0.15, -0.1) is 25.6 Å². The molecule has 21 heavy (non-hydrogen) atoms. The highest BCUT2D eigenvalue weighted by Crippen LogP contribution is 2.43. The molecule has 122 valence electrons. The normalized spacial score (nSPS) is 14.3. The molecule has 0 radical (unpaired) electrons. The van der Waals surface area contributed by atoms with E-state index in [2.05, 4.69) is 4.74 Å². The van der Waals surface area contributed by atoms with E-state index in [0.717, 1.165) is 18.2 Å². The van der Waals surface area contributed by atoms with Crippen LogP contribution < -0.4 is 10.5 Å². The number of rotatable bonds is 3. The number of hydrogen-bond acceptors (Lipinski definition) is 2. The van der Waals surface area contributed by atoms with Crippen LogP contribution >= 0.6 is 12.4 Å². The molecule has 0 aliphatic heterocycles. The van der Waals surface area contributed by atoms with Gasteiger partial charge in [-0.1, -0.05) is 12.1 Å². The SMILES string of the molecule is Cl.N[C@H](c1cccc(OC(F)(F)F)c1)C(F)(F)C(F)(F)F. The Hall–Kier alpha value is -1.29. The molecule has 0 spiro atoms. The van der Waals surface area contributed by atoms with Crippen molar-refractivity contribution < 1.29 is 39.9 Å². The van der Waals surface area contributed by atoms with Gasteiger partial charge in [0.15, 0.2) is 0 Å². The third-order valence-corrected chi connectivity index (χ3v) is 2.22. The van der Waals surface area contributed by atoms with E-state index in [1.54, 1.807) is 0 Å². The molecule has 0 heterocycles. The Balaban J connectivity index is 0.00000400.